The summed E-state index contributed by atoms with van der Waals surface area (Å²) in [5.74, 6) is 0.696. The van der Waals surface area contributed by atoms with Crippen LogP contribution in [0.25, 0.3) is 0 Å². The first kappa shape index (κ1) is 12.3. The van der Waals surface area contributed by atoms with E-state index >= 15 is 0 Å². The lowest BCUT2D eigenvalue weighted by Crippen LogP contribution is -2.26. The van der Waals surface area contributed by atoms with Crippen LogP contribution in [0.3, 0.4) is 0 Å². The van der Waals surface area contributed by atoms with Gasteiger partial charge >= 0.3 is 0 Å². The van der Waals surface area contributed by atoms with E-state index in [4.69, 9.17) is 4.74 Å². The standard InChI is InChI=1S/C13H17NO2/c1-4-9-14(3)13(15)11-7-6-8-12(10-11)16-5-2/h4,6-8,10H,1,5,9H2,2-3H3. The molecule has 0 atom stereocenters. The Morgan fingerprint density at radius 2 is 2.31 bits per heavy atom. The molecule has 3 heteroatoms. The minimum absolute atomic E-state index is 0.0264. The first-order chi connectivity index (χ1) is 7.69. The average Bonchev–Trinajstić information content (AvgIpc) is 2.29. The molecule has 0 aliphatic carbocycles. The second kappa shape index (κ2) is 5.95. The Bertz CT molecular complexity index is 374. The Kier molecular flexibility index (Phi) is 4.58. The van der Waals surface area contributed by atoms with Crippen LogP contribution < -0.4 is 4.74 Å². The third-order valence-electron chi connectivity index (χ3n) is 2.14. The molecule has 0 aromatic heterocycles. The van der Waals surface area contributed by atoms with Gasteiger partial charge in [0.2, 0.25) is 0 Å². The van der Waals surface area contributed by atoms with Crippen LogP contribution in [-0.4, -0.2) is 31.0 Å². The van der Waals surface area contributed by atoms with Gasteiger partial charge in [0.05, 0.1) is 6.61 Å². The monoisotopic (exact) mass is 219 g/mol. The van der Waals surface area contributed by atoms with Crippen LogP contribution in [0.4, 0.5) is 0 Å². The van der Waals surface area contributed by atoms with E-state index in [1.54, 1.807) is 30.2 Å². The van der Waals surface area contributed by atoms with Gasteiger partial charge in [0.25, 0.3) is 5.91 Å². The lowest BCUT2D eigenvalue weighted by Gasteiger charge is -2.15. The van der Waals surface area contributed by atoms with Gasteiger partial charge in [-0.1, -0.05) is 12.1 Å². The number of benzene rings is 1. The molecule has 0 heterocycles. The van der Waals surface area contributed by atoms with Crippen molar-refractivity contribution < 1.29 is 9.53 Å². The zero-order chi connectivity index (χ0) is 12.0. The van der Waals surface area contributed by atoms with Crippen molar-refractivity contribution in [3.63, 3.8) is 0 Å². The third-order valence-corrected chi connectivity index (χ3v) is 2.14. The van der Waals surface area contributed by atoms with Crippen LogP contribution in [0.1, 0.15) is 17.3 Å². The molecule has 16 heavy (non-hydrogen) atoms. The maximum absolute atomic E-state index is 11.9. The topological polar surface area (TPSA) is 29.5 Å². The van der Waals surface area contributed by atoms with Gasteiger partial charge in [-0.15, -0.1) is 6.58 Å². The lowest BCUT2D eigenvalue weighted by atomic mass is 10.2. The van der Waals surface area contributed by atoms with Crippen molar-refractivity contribution in [2.75, 3.05) is 20.2 Å². The summed E-state index contributed by atoms with van der Waals surface area (Å²) in [6.07, 6.45) is 1.70. The number of carbonyl (C=O) groups is 1. The van der Waals surface area contributed by atoms with Gasteiger partial charge < -0.3 is 9.64 Å². The molecule has 0 radical (unpaired) electrons. The molecule has 1 aromatic rings. The summed E-state index contributed by atoms with van der Waals surface area (Å²) in [5, 5.41) is 0. The lowest BCUT2D eigenvalue weighted by molar-refractivity contribution is 0.0810. The van der Waals surface area contributed by atoms with E-state index in [9.17, 15) is 4.79 Å². The van der Waals surface area contributed by atoms with Crippen molar-refractivity contribution in [3.05, 3.63) is 42.5 Å². The summed E-state index contributed by atoms with van der Waals surface area (Å²) in [5.41, 5.74) is 0.635. The third kappa shape index (κ3) is 3.12. The number of ether oxygens (including phenoxy) is 1. The maximum Gasteiger partial charge on any atom is 0.254 e. The SMILES string of the molecule is C=CCN(C)C(=O)c1cccc(OCC)c1. The summed E-state index contributed by atoms with van der Waals surface area (Å²) in [6.45, 7) is 6.66. The van der Waals surface area contributed by atoms with E-state index in [1.165, 1.54) is 0 Å². The van der Waals surface area contributed by atoms with Gasteiger partial charge in [0, 0.05) is 19.2 Å². The van der Waals surface area contributed by atoms with E-state index in [0.717, 1.165) is 5.75 Å². The van der Waals surface area contributed by atoms with Crippen LogP contribution in [-0.2, 0) is 0 Å². The molecule has 3 nitrogen and oxygen atoms in total. The summed E-state index contributed by atoms with van der Waals surface area (Å²) in [4.78, 5) is 13.5. The molecule has 1 aromatic carbocycles. The molecule has 0 fully saturated rings. The Morgan fingerprint density at radius 3 is 2.94 bits per heavy atom. The van der Waals surface area contributed by atoms with E-state index in [2.05, 4.69) is 6.58 Å². The second-order valence-electron chi connectivity index (χ2n) is 3.44. The van der Waals surface area contributed by atoms with Gasteiger partial charge in [-0.05, 0) is 25.1 Å². The zero-order valence-electron chi connectivity index (χ0n) is 9.77. The highest BCUT2D eigenvalue weighted by molar-refractivity contribution is 5.94. The zero-order valence-corrected chi connectivity index (χ0v) is 9.77. The Morgan fingerprint density at radius 1 is 1.56 bits per heavy atom. The van der Waals surface area contributed by atoms with Crippen LogP contribution in [0, 0.1) is 0 Å². The number of carbonyl (C=O) groups excluding carboxylic acids is 1. The largest absolute Gasteiger partial charge is 0.494 e. The average molecular weight is 219 g/mol. The number of hydrogen-bond acceptors (Lipinski definition) is 2. The maximum atomic E-state index is 11.9. The molecular weight excluding hydrogens is 202 g/mol. The predicted octanol–water partition coefficient (Wildman–Crippen LogP) is 2.34. The summed E-state index contributed by atoms with van der Waals surface area (Å²) >= 11 is 0. The fraction of sp³-hybridized carbons (Fsp3) is 0.308. The van der Waals surface area contributed by atoms with Crippen molar-refractivity contribution in [2.24, 2.45) is 0 Å². The number of hydrogen-bond donors (Lipinski definition) is 0. The van der Waals surface area contributed by atoms with Crippen LogP contribution >= 0.6 is 0 Å². The molecule has 0 aliphatic rings. The van der Waals surface area contributed by atoms with E-state index in [1.807, 2.05) is 19.1 Å². The molecule has 0 aliphatic heterocycles. The first-order valence-electron chi connectivity index (χ1n) is 5.28. The highest BCUT2D eigenvalue weighted by atomic mass is 16.5. The molecule has 86 valence electrons. The molecule has 0 unspecified atom stereocenters. The summed E-state index contributed by atoms with van der Waals surface area (Å²) in [7, 11) is 1.75. The normalized spacial score (nSPS) is 9.62. The highest BCUT2D eigenvalue weighted by Gasteiger charge is 2.10. The smallest absolute Gasteiger partial charge is 0.254 e. The molecule has 0 spiro atoms. The van der Waals surface area contributed by atoms with Crippen molar-refractivity contribution in [1.82, 2.24) is 4.90 Å². The molecule has 0 saturated carbocycles. The molecule has 0 saturated heterocycles. The van der Waals surface area contributed by atoms with E-state index < -0.39 is 0 Å². The van der Waals surface area contributed by atoms with Crippen LogP contribution in [0.2, 0.25) is 0 Å². The van der Waals surface area contributed by atoms with Gasteiger partial charge in [-0.3, -0.25) is 4.79 Å². The van der Waals surface area contributed by atoms with E-state index in [0.29, 0.717) is 18.7 Å². The van der Waals surface area contributed by atoms with Gasteiger partial charge in [0.1, 0.15) is 5.75 Å². The first-order valence-corrected chi connectivity index (χ1v) is 5.28. The predicted molar refractivity (Wildman–Crippen MR) is 64.8 cm³/mol. The minimum Gasteiger partial charge on any atom is -0.494 e. The number of amides is 1. The van der Waals surface area contributed by atoms with Crippen molar-refractivity contribution in [1.29, 1.82) is 0 Å². The van der Waals surface area contributed by atoms with Crippen molar-refractivity contribution in [2.45, 2.75) is 6.92 Å². The second-order valence-corrected chi connectivity index (χ2v) is 3.44. The van der Waals surface area contributed by atoms with Crippen LogP contribution in [0.15, 0.2) is 36.9 Å². The molecular formula is C13H17NO2. The number of rotatable bonds is 5. The molecule has 0 N–H and O–H groups in total. The Hall–Kier alpha value is -1.77. The van der Waals surface area contributed by atoms with Gasteiger partial charge in [-0.2, -0.15) is 0 Å². The minimum atomic E-state index is -0.0264. The fourth-order valence-electron chi connectivity index (χ4n) is 1.38. The quantitative estimate of drug-likeness (QED) is 0.711. The Balaban J connectivity index is 2.82. The van der Waals surface area contributed by atoms with Crippen molar-refractivity contribution >= 4 is 5.91 Å². The Labute approximate surface area is 96.3 Å². The number of likely N-dealkylation sites (N-methyl/N-ethyl adjacent to an activating group) is 1. The van der Waals surface area contributed by atoms with Crippen LogP contribution in [0.5, 0.6) is 5.75 Å². The molecule has 1 rings (SSSR count). The summed E-state index contributed by atoms with van der Waals surface area (Å²) in [6, 6.07) is 7.20. The highest BCUT2D eigenvalue weighted by Crippen LogP contribution is 2.14. The van der Waals surface area contributed by atoms with Gasteiger partial charge in [-0.25, -0.2) is 0 Å². The molecule has 0 bridgehead atoms. The van der Waals surface area contributed by atoms with Gasteiger partial charge in [0.15, 0.2) is 0 Å². The van der Waals surface area contributed by atoms with Crippen molar-refractivity contribution in [3.8, 4) is 5.75 Å². The number of nitrogens with zero attached hydrogens (tertiary/aromatic N) is 1. The fourth-order valence-corrected chi connectivity index (χ4v) is 1.38. The molecule has 1 amide bonds. The van der Waals surface area contributed by atoms with E-state index in [-0.39, 0.29) is 5.91 Å². The summed E-state index contributed by atoms with van der Waals surface area (Å²) < 4.78 is 5.35.